The first kappa shape index (κ1) is 15.2. The van der Waals surface area contributed by atoms with Gasteiger partial charge in [0.2, 0.25) is 0 Å². The minimum Gasteiger partial charge on any atom is -0.383 e. The molecule has 0 spiro atoms. The quantitative estimate of drug-likeness (QED) is 0.843. The number of para-hydroxylation sites is 1. The van der Waals surface area contributed by atoms with Gasteiger partial charge in [-0.3, -0.25) is 0 Å². The van der Waals surface area contributed by atoms with Crippen LogP contribution in [0, 0.1) is 11.3 Å². The molecule has 0 radical (unpaired) electrons. The van der Waals surface area contributed by atoms with E-state index in [9.17, 15) is 5.26 Å². The normalized spacial score (nSPS) is 10.8. The van der Waals surface area contributed by atoms with Crippen molar-refractivity contribution in [3.05, 3.63) is 35.9 Å². The van der Waals surface area contributed by atoms with E-state index in [4.69, 9.17) is 4.74 Å². The maximum absolute atomic E-state index is 9.24. The first-order valence-electron chi connectivity index (χ1n) is 6.96. The molecule has 0 fully saturated rings. The van der Waals surface area contributed by atoms with Crippen molar-refractivity contribution in [1.82, 2.24) is 9.88 Å². The van der Waals surface area contributed by atoms with Gasteiger partial charge in [-0.1, -0.05) is 18.2 Å². The molecule has 0 saturated carbocycles. The molecule has 0 unspecified atom stereocenters. The van der Waals surface area contributed by atoms with Crippen LogP contribution in [-0.2, 0) is 4.74 Å². The Hall–Kier alpha value is -2.16. The Morgan fingerprint density at radius 2 is 2.14 bits per heavy atom. The van der Waals surface area contributed by atoms with E-state index in [1.54, 1.807) is 13.2 Å². The third-order valence-corrected chi connectivity index (χ3v) is 3.31. The van der Waals surface area contributed by atoms with Gasteiger partial charge in [-0.05, 0) is 19.2 Å². The van der Waals surface area contributed by atoms with Crippen LogP contribution in [0.2, 0.25) is 0 Å². The highest BCUT2D eigenvalue weighted by molar-refractivity contribution is 5.86. The zero-order chi connectivity index (χ0) is 15.1. The van der Waals surface area contributed by atoms with Crippen molar-refractivity contribution in [2.45, 2.75) is 0 Å². The van der Waals surface area contributed by atoms with Gasteiger partial charge in [-0.15, -0.1) is 0 Å². The number of anilines is 1. The summed E-state index contributed by atoms with van der Waals surface area (Å²) >= 11 is 0. The molecule has 1 heterocycles. The van der Waals surface area contributed by atoms with Crippen LogP contribution in [-0.4, -0.2) is 50.3 Å². The summed E-state index contributed by atoms with van der Waals surface area (Å²) in [5.74, 6) is 0.741. The third kappa shape index (κ3) is 4.15. The van der Waals surface area contributed by atoms with Crippen molar-refractivity contribution in [2.75, 3.05) is 45.7 Å². The van der Waals surface area contributed by atoms with Gasteiger partial charge in [0.05, 0.1) is 23.8 Å². The second kappa shape index (κ2) is 7.58. The van der Waals surface area contributed by atoms with Gasteiger partial charge >= 0.3 is 0 Å². The number of hydrogen-bond donors (Lipinski definition) is 1. The number of aromatic nitrogens is 1. The number of ether oxygens (including phenoxy) is 1. The molecule has 5 heteroatoms. The van der Waals surface area contributed by atoms with E-state index in [-0.39, 0.29) is 0 Å². The van der Waals surface area contributed by atoms with Crippen molar-refractivity contribution in [1.29, 1.82) is 5.26 Å². The van der Waals surface area contributed by atoms with Gasteiger partial charge in [0.25, 0.3) is 0 Å². The highest BCUT2D eigenvalue weighted by Crippen LogP contribution is 2.19. The van der Waals surface area contributed by atoms with Crippen LogP contribution in [0.15, 0.2) is 30.3 Å². The Balaban J connectivity index is 2.01. The number of benzene rings is 1. The summed E-state index contributed by atoms with van der Waals surface area (Å²) in [5, 5.41) is 13.4. The second-order valence-corrected chi connectivity index (χ2v) is 4.91. The summed E-state index contributed by atoms with van der Waals surface area (Å²) < 4.78 is 5.05. The van der Waals surface area contributed by atoms with Crippen LogP contribution in [0.3, 0.4) is 0 Å². The summed E-state index contributed by atoms with van der Waals surface area (Å²) in [6.07, 6.45) is 0. The van der Waals surface area contributed by atoms with Crippen molar-refractivity contribution >= 4 is 16.7 Å². The van der Waals surface area contributed by atoms with E-state index < -0.39 is 0 Å². The SMILES string of the molecule is COCCN(C)CCNc1cc(C#N)c2ccccc2n1. The van der Waals surface area contributed by atoms with Crippen molar-refractivity contribution in [3.63, 3.8) is 0 Å². The molecule has 2 rings (SSSR count). The highest BCUT2D eigenvalue weighted by Gasteiger charge is 2.05. The fraction of sp³-hybridized carbons (Fsp3) is 0.375. The van der Waals surface area contributed by atoms with Gasteiger partial charge in [0, 0.05) is 32.1 Å². The first-order valence-corrected chi connectivity index (χ1v) is 6.96. The Morgan fingerprint density at radius 3 is 2.90 bits per heavy atom. The number of methoxy groups -OCH3 is 1. The Bertz CT molecular complexity index is 636. The van der Waals surface area contributed by atoms with E-state index in [0.717, 1.165) is 43.0 Å². The van der Waals surface area contributed by atoms with E-state index in [1.807, 2.05) is 24.3 Å². The standard InChI is InChI=1S/C16H20N4O/c1-20(9-10-21-2)8-7-18-16-11-13(12-17)14-5-3-4-6-15(14)19-16/h3-6,11H,7-10H2,1-2H3,(H,18,19). The summed E-state index contributed by atoms with van der Waals surface area (Å²) in [6, 6.07) is 11.7. The largest absolute Gasteiger partial charge is 0.383 e. The maximum Gasteiger partial charge on any atom is 0.128 e. The van der Waals surface area contributed by atoms with Gasteiger partial charge in [-0.2, -0.15) is 5.26 Å². The first-order chi connectivity index (χ1) is 10.2. The number of nitrogens with one attached hydrogen (secondary N) is 1. The summed E-state index contributed by atoms with van der Waals surface area (Å²) in [5.41, 5.74) is 1.49. The number of nitrogens with zero attached hydrogens (tertiary/aromatic N) is 3. The molecule has 110 valence electrons. The molecule has 0 aliphatic rings. The Morgan fingerprint density at radius 1 is 1.33 bits per heavy atom. The molecule has 1 aromatic heterocycles. The highest BCUT2D eigenvalue weighted by atomic mass is 16.5. The van der Waals surface area contributed by atoms with Crippen LogP contribution in [0.5, 0.6) is 0 Å². The number of pyridine rings is 1. The zero-order valence-electron chi connectivity index (χ0n) is 12.5. The van der Waals surface area contributed by atoms with Crippen LogP contribution in [0.1, 0.15) is 5.56 Å². The smallest absolute Gasteiger partial charge is 0.128 e. The monoisotopic (exact) mass is 284 g/mol. The summed E-state index contributed by atoms with van der Waals surface area (Å²) in [4.78, 5) is 6.72. The lowest BCUT2D eigenvalue weighted by atomic mass is 10.1. The number of likely N-dealkylation sites (N-methyl/N-ethyl adjacent to an activating group) is 1. The molecular weight excluding hydrogens is 264 g/mol. The molecule has 1 aromatic carbocycles. The lowest BCUT2D eigenvalue weighted by molar-refractivity contribution is 0.163. The average molecular weight is 284 g/mol. The predicted octanol–water partition coefficient (Wildman–Crippen LogP) is 2.10. The van der Waals surface area contributed by atoms with Crippen molar-refractivity contribution in [3.8, 4) is 6.07 Å². The van der Waals surface area contributed by atoms with Gasteiger partial charge < -0.3 is 15.0 Å². The Labute approximate surface area is 125 Å². The molecule has 0 saturated heterocycles. The minimum absolute atomic E-state index is 0.649. The topological polar surface area (TPSA) is 61.2 Å². The molecular formula is C16H20N4O. The summed E-state index contributed by atoms with van der Waals surface area (Å²) in [6.45, 7) is 3.28. The molecule has 2 aromatic rings. The van der Waals surface area contributed by atoms with Gasteiger partial charge in [0.15, 0.2) is 0 Å². The molecule has 5 nitrogen and oxygen atoms in total. The lowest BCUT2D eigenvalue weighted by Crippen LogP contribution is -2.28. The van der Waals surface area contributed by atoms with Crippen LogP contribution in [0.25, 0.3) is 10.9 Å². The molecule has 0 amide bonds. The Kier molecular flexibility index (Phi) is 5.50. The number of rotatable bonds is 7. The maximum atomic E-state index is 9.24. The molecule has 21 heavy (non-hydrogen) atoms. The molecule has 1 N–H and O–H groups in total. The molecule has 0 aliphatic heterocycles. The van der Waals surface area contributed by atoms with Crippen LogP contribution >= 0.6 is 0 Å². The lowest BCUT2D eigenvalue weighted by Gasteiger charge is -2.16. The third-order valence-electron chi connectivity index (χ3n) is 3.31. The number of fused-ring (bicyclic) bond motifs is 1. The van der Waals surface area contributed by atoms with Gasteiger partial charge in [0.1, 0.15) is 5.82 Å². The zero-order valence-corrected chi connectivity index (χ0v) is 12.5. The van der Waals surface area contributed by atoms with Crippen LogP contribution < -0.4 is 5.32 Å². The summed E-state index contributed by atoms with van der Waals surface area (Å²) in [7, 11) is 3.75. The van der Waals surface area contributed by atoms with Crippen molar-refractivity contribution < 1.29 is 4.74 Å². The van der Waals surface area contributed by atoms with E-state index in [2.05, 4.69) is 28.3 Å². The average Bonchev–Trinajstić information content (AvgIpc) is 2.52. The van der Waals surface area contributed by atoms with E-state index in [0.29, 0.717) is 5.56 Å². The molecule has 0 bridgehead atoms. The molecule has 0 aliphatic carbocycles. The second-order valence-electron chi connectivity index (χ2n) is 4.91. The fourth-order valence-electron chi connectivity index (χ4n) is 2.09. The predicted molar refractivity (Wildman–Crippen MR) is 84.3 cm³/mol. The number of hydrogen-bond acceptors (Lipinski definition) is 5. The van der Waals surface area contributed by atoms with E-state index >= 15 is 0 Å². The van der Waals surface area contributed by atoms with Crippen LogP contribution in [0.4, 0.5) is 5.82 Å². The van der Waals surface area contributed by atoms with Crippen molar-refractivity contribution in [2.24, 2.45) is 0 Å². The van der Waals surface area contributed by atoms with Gasteiger partial charge in [-0.25, -0.2) is 4.98 Å². The molecule has 0 atom stereocenters. The fourth-order valence-corrected chi connectivity index (χ4v) is 2.09. The number of nitriles is 1. The van der Waals surface area contributed by atoms with E-state index in [1.165, 1.54) is 0 Å². The minimum atomic E-state index is 0.649.